The lowest BCUT2D eigenvalue weighted by atomic mass is 10.1. The van der Waals surface area contributed by atoms with Gasteiger partial charge in [0.1, 0.15) is 13.2 Å². The molecule has 0 saturated carbocycles. The van der Waals surface area contributed by atoms with Crippen LogP contribution < -0.4 is 0 Å². The maximum atomic E-state index is 10.3. The lowest BCUT2D eigenvalue weighted by molar-refractivity contribution is 0.165. The molecule has 16 heavy (non-hydrogen) atoms. The van der Waals surface area contributed by atoms with E-state index in [1.54, 1.807) is 24.3 Å². The third kappa shape index (κ3) is 5.00. The first-order chi connectivity index (χ1) is 7.58. The summed E-state index contributed by atoms with van der Waals surface area (Å²) in [7, 11) is 0. The van der Waals surface area contributed by atoms with Gasteiger partial charge in [-0.3, -0.25) is 0 Å². The smallest absolute Gasteiger partial charge is 0.404 e. The third-order valence-corrected chi connectivity index (χ3v) is 1.95. The fraction of sp³-hybridized carbons (Fsp3) is 0.200. The highest BCUT2D eigenvalue weighted by molar-refractivity contribution is 6.61. The third-order valence-electron chi connectivity index (χ3n) is 1.73. The van der Waals surface area contributed by atoms with Gasteiger partial charge in [0.15, 0.2) is 0 Å². The van der Waals surface area contributed by atoms with Crippen LogP contribution in [0.25, 0.3) is 0 Å². The van der Waals surface area contributed by atoms with Crippen molar-refractivity contribution in [1.82, 2.24) is 0 Å². The number of hydrogen-bond donors (Lipinski definition) is 0. The highest BCUT2D eigenvalue weighted by atomic mass is 35.5. The normalized spacial score (nSPS) is 9.62. The minimum absolute atomic E-state index is 0.109. The van der Waals surface area contributed by atoms with Gasteiger partial charge < -0.3 is 9.47 Å². The van der Waals surface area contributed by atoms with E-state index in [1.807, 2.05) is 0 Å². The molecule has 86 valence electrons. The van der Waals surface area contributed by atoms with Crippen LogP contribution >= 0.6 is 23.2 Å². The molecule has 4 nitrogen and oxygen atoms in total. The van der Waals surface area contributed by atoms with Crippen molar-refractivity contribution in [3.05, 3.63) is 35.4 Å². The monoisotopic (exact) mass is 262 g/mol. The molecule has 6 heteroatoms. The summed E-state index contributed by atoms with van der Waals surface area (Å²) >= 11 is 10.0. The molecule has 0 heterocycles. The summed E-state index contributed by atoms with van der Waals surface area (Å²) in [6, 6.07) is 6.93. The van der Waals surface area contributed by atoms with Crippen molar-refractivity contribution >= 4 is 34.1 Å². The van der Waals surface area contributed by atoms with Crippen LogP contribution in [0.1, 0.15) is 11.1 Å². The van der Waals surface area contributed by atoms with Crippen LogP contribution in [0.15, 0.2) is 24.3 Å². The standard InChI is InChI=1S/C10H8Cl2O4/c11-9(13)15-5-7-1-2-8(4-3-7)6-16-10(12)14/h1-4H,5-6H2. The van der Waals surface area contributed by atoms with Gasteiger partial charge in [-0.05, 0) is 11.1 Å². The van der Waals surface area contributed by atoms with Gasteiger partial charge in [-0.2, -0.15) is 0 Å². The highest BCUT2D eigenvalue weighted by Crippen LogP contribution is 2.08. The minimum atomic E-state index is -0.847. The molecule has 0 spiro atoms. The molecule has 0 saturated heterocycles. The van der Waals surface area contributed by atoms with Crippen molar-refractivity contribution in [1.29, 1.82) is 0 Å². The molecule has 0 N–H and O–H groups in total. The Morgan fingerprint density at radius 3 is 1.44 bits per heavy atom. The molecular weight excluding hydrogens is 255 g/mol. The molecule has 0 atom stereocenters. The first-order valence-electron chi connectivity index (χ1n) is 4.30. The number of halogens is 2. The molecule has 0 aliphatic rings. The van der Waals surface area contributed by atoms with Crippen molar-refractivity contribution in [3.8, 4) is 0 Å². The zero-order chi connectivity index (χ0) is 12.0. The van der Waals surface area contributed by atoms with E-state index >= 15 is 0 Å². The van der Waals surface area contributed by atoms with Crippen molar-refractivity contribution in [3.63, 3.8) is 0 Å². The van der Waals surface area contributed by atoms with Crippen molar-refractivity contribution in [2.24, 2.45) is 0 Å². The number of carbonyl (C=O) groups excluding carboxylic acids is 2. The second-order valence-corrected chi connectivity index (χ2v) is 3.49. The van der Waals surface area contributed by atoms with E-state index in [2.05, 4.69) is 9.47 Å². The zero-order valence-electron chi connectivity index (χ0n) is 8.11. The number of carbonyl (C=O) groups is 2. The van der Waals surface area contributed by atoms with Gasteiger partial charge in [0.05, 0.1) is 0 Å². The topological polar surface area (TPSA) is 52.6 Å². The molecule has 0 radical (unpaired) electrons. The number of benzene rings is 1. The van der Waals surface area contributed by atoms with Gasteiger partial charge in [-0.15, -0.1) is 0 Å². The number of rotatable bonds is 4. The summed E-state index contributed by atoms with van der Waals surface area (Å²) in [5, 5.41) is 0. The van der Waals surface area contributed by atoms with Crippen molar-refractivity contribution in [2.75, 3.05) is 0 Å². The first-order valence-corrected chi connectivity index (χ1v) is 5.06. The minimum Gasteiger partial charge on any atom is -0.449 e. The summed E-state index contributed by atoms with van der Waals surface area (Å²) in [6.07, 6.45) is 0. The predicted octanol–water partition coefficient (Wildman–Crippen LogP) is 3.44. The molecular formula is C10H8Cl2O4. The number of ether oxygens (including phenoxy) is 2. The van der Waals surface area contributed by atoms with Crippen LogP contribution in [0.4, 0.5) is 9.59 Å². The largest absolute Gasteiger partial charge is 0.449 e. The lowest BCUT2D eigenvalue weighted by Gasteiger charge is -2.03. The predicted molar refractivity (Wildman–Crippen MR) is 58.5 cm³/mol. The van der Waals surface area contributed by atoms with Crippen LogP contribution in [0, 0.1) is 0 Å². The molecule has 1 rings (SSSR count). The molecule has 0 aliphatic carbocycles. The SMILES string of the molecule is O=C(Cl)OCc1ccc(COC(=O)Cl)cc1. The fourth-order valence-corrected chi connectivity index (χ4v) is 1.12. The Bertz CT molecular complexity index is 338. The summed E-state index contributed by atoms with van der Waals surface area (Å²) < 4.78 is 9.17. The second-order valence-electron chi connectivity index (χ2n) is 2.87. The van der Waals surface area contributed by atoms with Crippen LogP contribution in [0.3, 0.4) is 0 Å². The molecule has 1 aromatic carbocycles. The quantitative estimate of drug-likeness (QED) is 0.781. The van der Waals surface area contributed by atoms with Crippen LogP contribution in [-0.2, 0) is 22.7 Å². The van der Waals surface area contributed by atoms with E-state index in [0.717, 1.165) is 11.1 Å². The average Bonchev–Trinajstić information content (AvgIpc) is 2.25. The molecule has 0 fully saturated rings. The Morgan fingerprint density at radius 1 is 0.875 bits per heavy atom. The Hall–Kier alpha value is -1.26. The second kappa shape index (κ2) is 6.35. The molecule has 0 amide bonds. The molecule has 0 aromatic heterocycles. The van der Waals surface area contributed by atoms with Gasteiger partial charge in [-0.1, -0.05) is 24.3 Å². The van der Waals surface area contributed by atoms with E-state index in [9.17, 15) is 9.59 Å². The van der Waals surface area contributed by atoms with Crippen molar-refractivity contribution < 1.29 is 19.1 Å². The lowest BCUT2D eigenvalue weighted by Crippen LogP contribution is -1.97. The van der Waals surface area contributed by atoms with Gasteiger partial charge in [0.25, 0.3) is 0 Å². The van der Waals surface area contributed by atoms with E-state index in [1.165, 1.54) is 0 Å². The van der Waals surface area contributed by atoms with Gasteiger partial charge in [-0.25, -0.2) is 9.59 Å². The Morgan fingerprint density at radius 2 is 1.19 bits per heavy atom. The Kier molecular flexibility index (Phi) is 5.08. The molecule has 1 aromatic rings. The van der Waals surface area contributed by atoms with Gasteiger partial charge >= 0.3 is 10.9 Å². The summed E-state index contributed by atoms with van der Waals surface area (Å²) in [5.41, 5.74) is -0.120. The summed E-state index contributed by atoms with van der Waals surface area (Å²) in [4.78, 5) is 20.7. The maximum Gasteiger partial charge on any atom is 0.404 e. The molecule has 0 aliphatic heterocycles. The highest BCUT2D eigenvalue weighted by Gasteiger charge is 2.00. The summed E-state index contributed by atoms with van der Waals surface area (Å²) in [6.45, 7) is 0.218. The van der Waals surface area contributed by atoms with E-state index in [0.29, 0.717) is 0 Å². The van der Waals surface area contributed by atoms with Gasteiger partial charge in [0, 0.05) is 23.2 Å². The van der Waals surface area contributed by atoms with E-state index in [-0.39, 0.29) is 13.2 Å². The summed E-state index contributed by atoms with van der Waals surface area (Å²) in [5.74, 6) is 0. The fourth-order valence-electron chi connectivity index (χ4n) is 1.01. The van der Waals surface area contributed by atoms with E-state index in [4.69, 9.17) is 23.2 Å². The Labute approximate surface area is 102 Å². The number of hydrogen-bond acceptors (Lipinski definition) is 4. The average molecular weight is 263 g/mol. The molecule has 0 bridgehead atoms. The van der Waals surface area contributed by atoms with Crippen LogP contribution in [0.5, 0.6) is 0 Å². The maximum absolute atomic E-state index is 10.3. The Balaban J connectivity index is 2.47. The zero-order valence-corrected chi connectivity index (χ0v) is 9.62. The van der Waals surface area contributed by atoms with E-state index < -0.39 is 10.9 Å². The van der Waals surface area contributed by atoms with Crippen LogP contribution in [-0.4, -0.2) is 10.9 Å². The van der Waals surface area contributed by atoms with Crippen molar-refractivity contribution in [2.45, 2.75) is 13.2 Å². The molecule has 0 unspecified atom stereocenters. The van der Waals surface area contributed by atoms with Crippen LogP contribution in [0.2, 0.25) is 0 Å². The first kappa shape index (κ1) is 12.8. The van der Waals surface area contributed by atoms with Gasteiger partial charge in [0.2, 0.25) is 0 Å².